The Bertz CT molecular complexity index is 117. The molecule has 0 rings (SSSR count). The van der Waals surface area contributed by atoms with Gasteiger partial charge in [-0.25, -0.2) is 0 Å². The van der Waals surface area contributed by atoms with Gasteiger partial charge in [0.1, 0.15) is 0 Å². The zero-order valence-corrected chi connectivity index (χ0v) is 4.76. The first-order chi connectivity index (χ1) is 4.00. The third-order valence-corrected chi connectivity index (χ3v) is 0.167. The van der Waals surface area contributed by atoms with Crippen LogP contribution in [0.1, 0.15) is 0 Å². The second-order valence-corrected chi connectivity index (χ2v) is 0.979. The summed E-state index contributed by atoms with van der Waals surface area (Å²) in [5.74, 6) is -1.56. The molecule has 9 heavy (non-hydrogen) atoms. The highest BCUT2D eigenvalue weighted by Crippen LogP contribution is 1.47. The molecule has 0 amide bonds. The quantitative estimate of drug-likeness (QED) is 0.211. The van der Waals surface area contributed by atoms with Crippen LogP contribution in [0.15, 0.2) is 12.7 Å². The van der Waals surface area contributed by atoms with E-state index in [2.05, 4.69) is 18.0 Å². The number of carboxylic acids is 1. The van der Waals surface area contributed by atoms with E-state index in [9.17, 15) is 0 Å². The van der Waals surface area contributed by atoms with Crippen molar-refractivity contribution in [2.24, 2.45) is 11.5 Å². The number of carbonyl (C=O) groups is 1. The molecular formula is C4H8N3O2-. The molecule has 0 aliphatic heterocycles. The van der Waals surface area contributed by atoms with Crippen LogP contribution in [0.3, 0.4) is 0 Å². The van der Waals surface area contributed by atoms with Crippen LogP contribution >= 0.6 is 0 Å². The van der Waals surface area contributed by atoms with Gasteiger partial charge in [0, 0.05) is 0 Å². The average molecular weight is 130 g/mol. The van der Waals surface area contributed by atoms with Crippen LogP contribution in [0.4, 0.5) is 0 Å². The van der Waals surface area contributed by atoms with Crippen LogP contribution in [0.5, 0.6) is 0 Å². The zero-order valence-electron chi connectivity index (χ0n) is 4.76. The Hall–Kier alpha value is -1.52. The van der Waals surface area contributed by atoms with Gasteiger partial charge >= 0.3 is 0 Å². The summed E-state index contributed by atoms with van der Waals surface area (Å²) in [6, 6.07) is 0. The highest BCUT2D eigenvalue weighted by atomic mass is 16.4. The van der Waals surface area contributed by atoms with Crippen molar-refractivity contribution in [3.63, 3.8) is 0 Å². The van der Waals surface area contributed by atoms with Crippen molar-refractivity contribution in [3.8, 4) is 0 Å². The maximum atomic E-state index is 9.14. The number of carbonyl (C=O) groups excluding carboxylic acids is 1. The van der Waals surface area contributed by atoms with Crippen molar-refractivity contribution < 1.29 is 9.90 Å². The molecule has 0 unspecified atom stereocenters. The van der Waals surface area contributed by atoms with Gasteiger partial charge in [0.15, 0.2) is 5.96 Å². The normalized spacial score (nSPS) is 6.22. The lowest BCUT2D eigenvalue weighted by Gasteiger charge is -1.81. The van der Waals surface area contributed by atoms with E-state index in [-0.39, 0.29) is 5.96 Å². The van der Waals surface area contributed by atoms with Gasteiger partial charge in [0.25, 0.3) is 0 Å². The Morgan fingerprint density at radius 3 is 1.78 bits per heavy atom. The van der Waals surface area contributed by atoms with Crippen molar-refractivity contribution >= 4 is 11.9 Å². The van der Waals surface area contributed by atoms with Crippen molar-refractivity contribution in [2.75, 3.05) is 0 Å². The molecule has 0 saturated heterocycles. The van der Waals surface area contributed by atoms with E-state index in [1.165, 1.54) is 0 Å². The van der Waals surface area contributed by atoms with E-state index < -0.39 is 5.97 Å². The number of hydrogen-bond donors (Lipinski definition) is 3. The molecule has 0 radical (unpaired) electrons. The Kier molecular flexibility index (Phi) is 7.53. The fraction of sp³-hybridized carbons (Fsp3) is 0. The minimum atomic E-state index is -1.23. The molecule has 0 heterocycles. The largest absolute Gasteiger partial charge is 0.545 e. The van der Waals surface area contributed by atoms with Crippen LogP contribution in [0.25, 0.3) is 0 Å². The van der Waals surface area contributed by atoms with Gasteiger partial charge in [0.2, 0.25) is 0 Å². The molecule has 0 bridgehead atoms. The number of nitrogens with two attached hydrogens (primary N) is 2. The van der Waals surface area contributed by atoms with Crippen LogP contribution < -0.4 is 16.6 Å². The number of hydrogen-bond acceptors (Lipinski definition) is 3. The molecule has 0 saturated carbocycles. The Labute approximate surface area is 52.5 Å². The molecule has 0 aliphatic rings. The number of carboxylic acid groups (broad SMARTS) is 1. The van der Waals surface area contributed by atoms with Gasteiger partial charge in [-0.3, -0.25) is 5.41 Å². The van der Waals surface area contributed by atoms with Crippen molar-refractivity contribution in [1.82, 2.24) is 0 Å². The SMILES string of the molecule is C=CC(=O)[O-].N=C(N)N. The third-order valence-electron chi connectivity index (χ3n) is 0.167. The molecule has 5 heteroatoms. The lowest BCUT2D eigenvalue weighted by Crippen LogP contribution is -2.20. The van der Waals surface area contributed by atoms with E-state index in [0.717, 1.165) is 6.08 Å². The number of rotatable bonds is 1. The monoisotopic (exact) mass is 130 g/mol. The molecule has 0 fully saturated rings. The van der Waals surface area contributed by atoms with Crippen LogP contribution in [0, 0.1) is 5.41 Å². The molecule has 0 spiro atoms. The summed E-state index contributed by atoms with van der Waals surface area (Å²) in [6.45, 7) is 2.90. The van der Waals surface area contributed by atoms with Crippen molar-refractivity contribution in [3.05, 3.63) is 12.7 Å². The first kappa shape index (κ1) is 10.5. The molecular weight excluding hydrogens is 122 g/mol. The maximum absolute atomic E-state index is 9.14. The predicted octanol–water partition coefficient (Wildman–Crippen LogP) is -2.24. The molecule has 5 N–H and O–H groups in total. The van der Waals surface area contributed by atoms with E-state index in [1.54, 1.807) is 0 Å². The van der Waals surface area contributed by atoms with Crippen LogP contribution in [-0.4, -0.2) is 11.9 Å². The van der Waals surface area contributed by atoms with Gasteiger partial charge < -0.3 is 21.4 Å². The fourth-order valence-corrected chi connectivity index (χ4v) is 0. The van der Waals surface area contributed by atoms with E-state index in [1.807, 2.05) is 0 Å². The second kappa shape index (κ2) is 6.48. The van der Waals surface area contributed by atoms with Crippen molar-refractivity contribution in [1.29, 1.82) is 5.41 Å². The summed E-state index contributed by atoms with van der Waals surface area (Å²) in [7, 11) is 0. The smallest absolute Gasteiger partial charge is 0.183 e. The number of guanidine groups is 1. The molecule has 0 aromatic rings. The summed E-state index contributed by atoms with van der Waals surface area (Å²) in [4.78, 5) is 9.14. The standard InChI is InChI=1S/C3H4O2.CH5N3/c1-2-3(4)5;2-1(3)4/h2H,1H2,(H,4,5);(H5,2,3,4)/p-1. The molecule has 0 aliphatic carbocycles. The summed E-state index contributed by atoms with van der Waals surface area (Å²) in [5, 5.41) is 15.2. The van der Waals surface area contributed by atoms with Gasteiger partial charge in [-0.2, -0.15) is 0 Å². The Morgan fingerprint density at radius 1 is 1.67 bits per heavy atom. The maximum Gasteiger partial charge on any atom is 0.183 e. The number of aliphatic carboxylic acids is 1. The zero-order chi connectivity index (χ0) is 7.86. The summed E-state index contributed by atoms with van der Waals surface area (Å²) in [5.41, 5.74) is 8.94. The van der Waals surface area contributed by atoms with E-state index >= 15 is 0 Å². The van der Waals surface area contributed by atoms with Crippen LogP contribution in [0.2, 0.25) is 0 Å². The Morgan fingerprint density at radius 2 is 1.78 bits per heavy atom. The van der Waals surface area contributed by atoms with Gasteiger partial charge in [-0.15, -0.1) is 0 Å². The molecule has 5 nitrogen and oxygen atoms in total. The highest BCUT2D eigenvalue weighted by molar-refractivity contribution is 5.76. The topological polar surface area (TPSA) is 116 Å². The minimum Gasteiger partial charge on any atom is -0.545 e. The third kappa shape index (κ3) is 564. The first-order valence-corrected chi connectivity index (χ1v) is 1.93. The minimum absolute atomic E-state index is 0.333. The Balaban J connectivity index is 0. The summed E-state index contributed by atoms with van der Waals surface area (Å²) in [6.07, 6.45) is 0.722. The van der Waals surface area contributed by atoms with Gasteiger partial charge in [0.05, 0.1) is 5.97 Å². The average Bonchev–Trinajstić information content (AvgIpc) is 1.65. The van der Waals surface area contributed by atoms with Crippen LogP contribution in [-0.2, 0) is 4.79 Å². The lowest BCUT2D eigenvalue weighted by molar-refractivity contribution is -0.297. The van der Waals surface area contributed by atoms with E-state index in [0.29, 0.717) is 0 Å². The second-order valence-electron chi connectivity index (χ2n) is 0.979. The van der Waals surface area contributed by atoms with E-state index in [4.69, 9.17) is 15.3 Å². The molecule has 52 valence electrons. The van der Waals surface area contributed by atoms with Crippen molar-refractivity contribution in [2.45, 2.75) is 0 Å². The first-order valence-electron chi connectivity index (χ1n) is 1.93. The van der Waals surface area contributed by atoms with Gasteiger partial charge in [-0.05, 0) is 6.08 Å². The number of nitrogens with one attached hydrogen (secondary N) is 1. The lowest BCUT2D eigenvalue weighted by atomic mass is 10.7. The molecule has 0 aromatic heterocycles. The summed E-state index contributed by atoms with van der Waals surface area (Å²) < 4.78 is 0. The summed E-state index contributed by atoms with van der Waals surface area (Å²) >= 11 is 0. The highest BCUT2D eigenvalue weighted by Gasteiger charge is 1.55. The fourth-order valence-electron chi connectivity index (χ4n) is 0. The molecule has 0 aromatic carbocycles. The van der Waals surface area contributed by atoms with Gasteiger partial charge in [-0.1, -0.05) is 6.58 Å². The predicted molar refractivity (Wildman–Crippen MR) is 31.3 cm³/mol. The molecule has 0 atom stereocenters.